The van der Waals surface area contributed by atoms with E-state index in [1.54, 1.807) is 19.9 Å². The van der Waals surface area contributed by atoms with Crippen LogP contribution in [0.15, 0.2) is 18.2 Å². The van der Waals surface area contributed by atoms with Gasteiger partial charge in [-0.15, -0.1) is 0 Å². The van der Waals surface area contributed by atoms with Gasteiger partial charge in [-0.05, 0) is 37.8 Å². The maximum absolute atomic E-state index is 12.0. The highest BCUT2D eigenvalue weighted by atomic mass is 16.6. The number of aryl methyl sites for hydroxylation is 1. The van der Waals surface area contributed by atoms with Crippen molar-refractivity contribution in [2.24, 2.45) is 5.92 Å². The number of aliphatic hydroxyl groups is 1. The number of nitro groups is 1. The lowest BCUT2D eigenvalue weighted by atomic mass is 10.0. The summed E-state index contributed by atoms with van der Waals surface area (Å²) < 4.78 is 0. The number of amides is 1. The highest BCUT2D eigenvalue weighted by molar-refractivity contribution is 5.95. The van der Waals surface area contributed by atoms with Crippen molar-refractivity contribution in [3.63, 3.8) is 0 Å². The van der Waals surface area contributed by atoms with E-state index in [9.17, 15) is 20.0 Å². The number of non-ortho nitro benzene ring substituents is 1. The molecule has 110 valence electrons. The molecule has 1 amide bonds. The molecule has 0 bridgehead atoms. The van der Waals surface area contributed by atoms with Crippen LogP contribution in [0.4, 0.5) is 5.69 Å². The fraction of sp³-hybridized carbons (Fsp3) is 0.500. The minimum atomic E-state index is -0.514. The smallest absolute Gasteiger partial charge is 0.270 e. The van der Waals surface area contributed by atoms with E-state index in [1.165, 1.54) is 12.1 Å². The summed E-state index contributed by atoms with van der Waals surface area (Å²) in [7, 11) is 0. The predicted octanol–water partition coefficient (Wildman–Crippen LogP) is 2.04. The Morgan fingerprint density at radius 3 is 2.60 bits per heavy atom. The van der Waals surface area contributed by atoms with Gasteiger partial charge in [0.25, 0.3) is 11.6 Å². The maximum Gasteiger partial charge on any atom is 0.270 e. The molecular formula is C14H20N2O4. The number of carbonyl (C=O) groups excluding carboxylic acids is 1. The van der Waals surface area contributed by atoms with Crippen LogP contribution in [-0.4, -0.2) is 28.6 Å². The molecule has 0 aliphatic rings. The molecule has 6 heteroatoms. The normalized spacial score (nSPS) is 13.6. The summed E-state index contributed by atoms with van der Waals surface area (Å²) in [5.41, 5.74) is 0.856. The molecule has 1 rings (SSSR count). The number of nitrogens with zero attached hydrogens (tertiary/aromatic N) is 1. The van der Waals surface area contributed by atoms with Crippen molar-refractivity contribution in [2.45, 2.75) is 33.3 Å². The zero-order valence-electron chi connectivity index (χ0n) is 11.9. The van der Waals surface area contributed by atoms with Crippen LogP contribution in [0.2, 0.25) is 0 Å². The van der Waals surface area contributed by atoms with Gasteiger partial charge < -0.3 is 10.4 Å². The van der Waals surface area contributed by atoms with Gasteiger partial charge in [-0.3, -0.25) is 14.9 Å². The quantitative estimate of drug-likeness (QED) is 0.616. The average molecular weight is 280 g/mol. The van der Waals surface area contributed by atoms with E-state index < -0.39 is 11.0 Å². The number of carbonyl (C=O) groups is 1. The van der Waals surface area contributed by atoms with E-state index in [1.807, 2.05) is 6.92 Å². The average Bonchev–Trinajstić information content (AvgIpc) is 2.34. The van der Waals surface area contributed by atoms with Crippen LogP contribution in [0.1, 0.15) is 36.2 Å². The molecular weight excluding hydrogens is 260 g/mol. The van der Waals surface area contributed by atoms with Crippen molar-refractivity contribution < 1.29 is 14.8 Å². The van der Waals surface area contributed by atoms with Gasteiger partial charge in [-0.1, -0.05) is 6.92 Å². The Labute approximate surface area is 118 Å². The summed E-state index contributed by atoms with van der Waals surface area (Å²) in [6.45, 7) is 5.75. The SMILES string of the molecule is Cc1cc(C(=O)NCC(C)CC(C)O)cc([N+](=O)[O-])c1. The zero-order chi connectivity index (χ0) is 15.3. The van der Waals surface area contributed by atoms with Crippen molar-refractivity contribution >= 4 is 11.6 Å². The Morgan fingerprint density at radius 1 is 1.40 bits per heavy atom. The third kappa shape index (κ3) is 4.97. The summed E-state index contributed by atoms with van der Waals surface area (Å²) in [4.78, 5) is 22.2. The molecule has 2 atom stereocenters. The number of nitrogens with one attached hydrogen (secondary N) is 1. The van der Waals surface area contributed by atoms with Crippen LogP contribution in [0.3, 0.4) is 0 Å². The van der Waals surface area contributed by atoms with Crippen molar-refractivity contribution in [3.8, 4) is 0 Å². The van der Waals surface area contributed by atoms with E-state index in [0.29, 0.717) is 18.5 Å². The fourth-order valence-electron chi connectivity index (χ4n) is 2.03. The van der Waals surface area contributed by atoms with Crippen LogP contribution in [0, 0.1) is 23.0 Å². The van der Waals surface area contributed by atoms with Crippen LogP contribution < -0.4 is 5.32 Å². The molecule has 0 aliphatic heterocycles. The predicted molar refractivity (Wildman–Crippen MR) is 75.6 cm³/mol. The van der Waals surface area contributed by atoms with Crippen LogP contribution in [0.25, 0.3) is 0 Å². The molecule has 2 N–H and O–H groups in total. The molecule has 0 radical (unpaired) electrons. The second-order valence-corrected chi connectivity index (χ2v) is 5.21. The van der Waals surface area contributed by atoms with Crippen LogP contribution in [0.5, 0.6) is 0 Å². The van der Waals surface area contributed by atoms with Gasteiger partial charge in [-0.2, -0.15) is 0 Å². The van der Waals surface area contributed by atoms with Gasteiger partial charge in [0.1, 0.15) is 0 Å². The van der Waals surface area contributed by atoms with Crippen molar-refractivity contribution in [3.05, 3.63) is 39.4 Å². The van der Waals surface area contributed by atoms with E-state index in [4.69, 9.17) is 0 Å². The van der Waals surface area contributed by atoms with Gasteiger partial charge in [0.2, 0.25) is 0 Å². The van der Waals surface area contributed by atoms with Crippen LogP contribution in [-0.2, 0) is 0 Å². The number of nitro benzene ring substituents is 1. The second-order valence-electron chi connectivity index (χ2n) is 5.21. The largest absolute Gasteiger partial charge is 0.393 e. The summed E-state index contributed by atoms with van der Waals surface area (Å²) >= 11 is 0. The molecule has 2 unspecified atom stereocenters. The first-order valence-electron chi connectivity index (χ1n) is 6.52. The van der Waals surface area contributed by atoms with Gasteiger partial charge >= 0.3 is 0 Å². The summed E-state index contributed by atoms with van der Waals surface area (Å²) in [5, 5.41) is 22.7. The molecule has 1 aromatic carbocycles. The van der Waals surface area contributed by atoms with Crippen LogP contribution >= 0.6 is 0 Å². The fourth-order valence-corrected chi connectivity index (χ4v) is 2.03. The van der Waals surface area contributed by atoms with Crippen molar-refractivity contribution in [1.82, 2.24) is 5.32 Å². The molecule has 0 aromatic heterocycles. The number of hydrogen-bond acceptors (Lipinski definition) is 4. The van der Waals surface area contributed by atoms with Gasteiger partial charge in [0.05, 0.1) is 11.0 Å². The first-order chi connectivity index (χ1) is 9.29. The van der Waals surface area contributed by atoms with E-state index in [-0.39, 0.29) is 23.1 Å². The molecule has 20 heavy (non-hydrogen) atoms. The Bertz CT molecular complexity index is 500. The third-order valence-electron chi connectivity index (χ3n) is 2.89. The third-order valence-corrected chi connectivity index (χ3v) is 2.89. The Hall–Kier alpha value is -1.95. The first-order valence-corrected chi connectivity index (χ1v) is 6.52. The molecule has 0 heterocycles. The minimum absolute atomic E-state index is 0.0906. The Balaban J connectivity index is 2.70. The lowest BCUT2D eigenvalue weighted by Crippen LogP contribution is -2.29. The first kappa shape index (κ1) is 16.1. The molecule has 6 nitrogen and oxygen atoms in total. The summed E-state index contributed by atoms with van der Waals surface area (Å²) in [5.74, 6) is -0.201. The number of benzene rings is 1. The Morgan fingerprint density at radius 2 is 2.05 bits per heavy atom. The number of hydrogen-bond donors (Lipinski definition) is 2. The molecule has 1 aromatic rings. The van der Waals surface area contributed by atoms with Gasteiger partial charge in [0.15, 0.2) is 0 Å². The number of rotatable bonds is 6. The highest BCUT2D eigenvalue weighted by Gasteiger charge is 2.14. The van der Waals surface area contributed by atoms with E-state index in [2.05, 4.69) is 5.32 Å². The number of aliphatic hydroxyl groups excluding tert-OH is 1. The summed E-state index contributed by atoms with van der Waals surface area (Å²) in [6.07, 6.45) is 0.177. The zero-order valence-corrected chi connectivity index (χ0v) is 11.9. The molecule has 0 spiro atoms. The lowest BCUT2D eigenvalue weighted by Gasteiger charge is -2.14. The van der Waals surface area contributed by atoms with E-state index in [0.717, 1.165) is 0 Å². The van der Waals surface area contributed by atoms with E-state index >= 15 is 0 Å². The second kappa shape index (κ2) is 7.00. The highest BCUT2D eigenvalue weighted by Crippen LogP contribution is 2.16. The standard InChI is InChI=1S/C14H20N2O4/c1-9-5-12(7-13(6-9)16(19)20)14(18)15-8-10(2)4-11(3)17/h5-7,10-11,17H,4,8H2,1-3H3,(H,15,18). The minimum Gasteiger partial charge on any atom is -0.393 e. The molecule has 0 fully saturated rings. The topological polar surface area (TPSA) is 92.5 Å². The Kier molecular flexibility index (Phi) is 5.64. The molecule has 0 saturated heterocycles. The maximum atomic E-state index is 12.0. The lowest BCUT2D eigenvalue weighted by molar-refractivity contribution is -0.384. The molecule has 0 aliphatic carbocycles. The van der Waals surface area contributed by atoms with Gasteiger partial charge in [-0.25, -0.2) is 0 Å². The van der Waals surface area contributed by atoms with Crippen molar-refractivity contribution in [1.29, 1.82) is 0 Å². The molecule has 0 saturated carbocycles. The summed E-state index contributed by atoms with van der Waals surface area (Å²) in [6, 6.07) is 4.30. The van der Waals surface area contributed by atoms with Gasteiger partial charge in [0, 0.05) is 24.2 Å². The monoisotopic (exact) mass is 280 g/mol. The van der Waals surface area contributed by atoms with Crippen molar-refractivity contribution in [2.75, 3.05) is 6.54 Å².